The maximum absolute atomic E-state index is 12.7. The lowest BCUT2D eigenvalue weighted by atomic mass is 10.2. The van der Waals surface area contributed by atoms with Gasteiger partial charge in [0, 0.05) is 12.3 Å². The van der Waals surface area contributed by atoms with E-state index in [4.69, 9.17) is 9.47 Å². The molecular formula is C16H22F3NO5S. The van der Waals surface area contributed by atoms with Gasteiger partial charge in [0.05, 0.1) is 11.3 Å². The van der Waals surface area contributed by atoms with Crippen LogP contribution < -0.4 is 10.1 Å². The fraction of sp³-hybridized carbons (Fsp3) is 0.562. The van der Waals surface area contributed by atoms with Crippen molar-refractivity contribution in [1.29, 1.82) is 0 Å². The third-order valence-electron chi connectivity index (χ3n) is 3.45. The van der Waals surface area contributed by atoms with Crippen LogP contribution in [-0.2, 0) is 20.8 Å². The number of alkyl halides is 3. The number of halogens is 3. The normalized spacial score (nSPS) is 13.1. The van der Waals surface area contributed by atoms with E-state index in [1.807, 2.05) is 0 Å². The number of hydrogen-bond acceptors (Lipinski definition) is 5. The van der Waals surface area contributed by atoms with E-state index in [9.17, 15) is 26.4 Å². The van der Waals surface area contributed by atoms with Crippen LogP contribution in [0.25, 0.3) is 0 Å². The smallest absolute Gasteiger partial charge is 0.416 e. The second-order valence-electron chi connectivity index (χ2n) is 5.44. The van der Waals surface area contributed by atoms with E-state index in [1.165, 1.54) is 19.1 Å². The number of benzene rings is 1. The monoisotopic (exact) mass is 397 g/mol. The Kier molecular flexibility index (Phi) is 8.19. The van der Waals surface area contributed by atoms with Crippen LogP contribution in [0.5, 0.6) is 5.75 Å². The summed E-state index contributed by atoms with van der Waals surface area (Å²) in [5.74, 6) is -0.209. The largest absolute Gasteiger partial charge is 0.490 e. The Labute approximate surface area is 150 Å². The van der Waals surface area contributed by atoms with Crippen molar-refractivity contribution in [3.8, 4) is 5.75 Å². The number of ether oxygens (including phenoxy) is 2. The van der Waals surface area contributed by atoms with Gasteiger partial charge in [-0.1, -0.05) is 19.9 Å². The molecule has 0 aliphatic rings. The van der Waals surface area contributed by atoms with Gasteiger partial charge in [0.2, 0.25) is 0 Å². The highest BCUT2D eigenvalue weighted by atomic mass is 32.2. The predicted molar refractivity (Wildman–Crippen MR) is 89.8 cm³/mol. The molecule has 1 N–H and O–H groups in total. The number of hydrogen-bond donors (Lipinski definition) is 1. The molecule has 0 fully saturated rings. The van der Waals surface area contributed by atoms with E-state index in [-0.39, 0.29) is 30.4 Å². The van der Waals surface area contributed by atoms with E-state index in [0.717, 1.165) is 12.1 Å². The Morgan fingerprint density at radius 1 is 1.27 bits per heavy atom. The molecule has 0 bridgehead atoms. The highest BCUT2D eigenvalue weighted by molar-refractivity contribution is 7.91. The van der Waals surface area contributed by atoms with Gasteiger partial charge in [-0.2, -0.15) is 13.2 Å². The molecule has 148 valence electrons. The van der Waals surface area contributed by atoms with E-state index < -0.39 is 33.8 Å². The molecule has 0 spiro atoms. The zero-order valence-corrected chi connectivity index (χ0v) is 15.3. The van der Waals surface area contributed by atoms with Gasteiger partial charge in [-0.25, -0.2) is 13.2 Å². The molecule has 6 nitrogen and oxygen atoms in total. The molecule has 0 radical (unpaired) electrons. The molecule has 1 atom stereocenters. The minimum Gasteiger partial charge on any atom is -0.490 e. The summed E-state index contributed by atoms with van der Waals surface area (Å²) in [7, 11) is -3.20. The Morgan fingerprint density at radius 3 is 2.54 bits per heavy atom. The van der Waals surface area contributed by atoms with Crippen LogP contribution >= 0.6 is 0 Å². The summed E-state index contributed by atoms with van der Waals surface area (Å²) in [4.78, 5) is 11.7. The van der Waals surface area contributed by atoms with E-state index >= 15 is 0 Å². The van der Waals surface area contributed by atoms with Crippen LogP contribution in [0.1, 0.15) is 25.8 Å². The van der Waals surface area contributed by atoms with Crippen molar-refractivity contribution in [3.05, 3.63) is 29.8 Å². The number of sulfone groups is 1. The van der Waals surface area contributed by atoms with Crippen LogP contribution in [0.3, 0.4) is 0 Å². The van der Waals surface area contributed by atoms with Gasteiger partial charge in [0.25, 0.3) is 0 Å². The van der Waals surface area contributed by atoms with E-state index in [1.54, 1.807) is 6.92 Å². The summed E-state index contributed by atoms with van der Waals surface area (Å²) in [6.45, 7) is 3.01. The van der Waals surface area contributed by atoms with Gasteiger partial charge >= 0.3 is 12.3 Å². The first-order valence-corrected chi connectivity index (χ1v) is 9.84. The molecule has 0 aliphatic heterocycles. The van der Waals surface area contributed by atoms with Crippen molar-refractivity contribution in [2.75, 3.05) is 24.7 Å². The number of carbonyl (C=O) groups excluding carboxylic acids is 1. The van der Waals surface area contributed by atoms with Gasteiger partial charge in [-0.15, -0.1) is 0 Å². The third kappa shape index (κ3) is 7.94. The summed E-state index contributed by atoms with van der Waals surface area (Å²) in [5, 5.41) is 2.32. The van der Waals surface area contributed by atoms with Gasteiger partial charge in [0.1, 0.15) is 18.5 Å². The van der Waals surface area contributed by atoms with Gasteiger partial charge < -0.3 is 14.8 Å². The van der Waals surface area contributed by atoms with Crippen molar-refractivity contribution < 1.29 is 35.9 Å². The summed E-state index contributed by atoms with van der Waals surface area (Å²) in [6, 6.07) is 4.39. The zero-order valence-electron chi connectivity index (χ0n) is 14.5. The molecule has 0 saturated carbocycles. The molecule has 0 heterocycles. The fourth-order valence-electron chi connectivity index (χ4n) is 1.83. The van der Waals surface area contributed by atoms with Crippen LogP contribution in [-0.4, -0.2) is 45.3 Å². The Balaban J connectivity index is 2.49. The van der Waals surface area contributed by atoms with Gasteiger partial charge in [0.15, 0.2) is 9.84 Å². The predicted octanol–water partition coefficient (Wildman–Crippen LogP) is 3.02. The molecule has 1 aromatic rings. The van der Waals surface area contributed by atoms with Crippen molar-refractivity contribution in [2.45, 2.75) is 32.5 Å². The molecular weight excluding hydrogens is 375 g/mol. The fourth-order valence-corrected chi connectivity index (χ4v) is 2.53. The number of nitrogens with one attached hydrogen (secondary N) is 1. The molecule has 0 saturated heterocycles. The van der Waals surface area contributed by atoms with Crippen LogP contribution in [0.2, 0.25) is 0 Å². The standard InChI is InChI=1S/C16H22F3NO5S/c1-3-13(25-15(21)20-8-9-26(22,23)4-2)11-24-14-7-5-6-12(10-14)16(17,18)19/h5-7,10,13H,3-4,8-9,11H2,1-2H3,(H,20,21). The second-order valence-corrected chi connectivity index (χ2v) is 7.91. The van der Waals surface area contributed by atoms with Crippen molar-refractivity contribution >= 4 is 15.9 Å². The molecule has 1 aromatic carbocycles. The Morgan fingerprint density at radius 2 is 1.96 bits per heavy atom. The van der Waals surface area contributed by atoms with E-state index in [2.05, 4.69) is 5.32 Å². The summed E-state index contributed by atoms with van der Waals surface area (Å²) in [6.07, 6.45) is -5.60. The van der Waals surface area contributed by atoms with Crippen molar-refractivity contribution in [3.63, 3.8) is 0 Å². The Hall–Kier alpha value is -1.97. The number of amides is 1. The lowest BCUT2D eigenvalue weighted by Crippen LogP contribution is -2.34. The number of carbonyl (C=O) groups is 1. The minimum atomic E-state index is -4.47. The van der Waals surface area contributed by atoms with Gasteiger partial charge in [-0.3, -0.25) is 0 Å². The van der Waals surface area contributed by atoms with E-state index in [0.29, 0.717) is 6.42 Å². The molecule has 1 unspecified atom stereocenters. The number of alkyl carbamates (subject to hydrolysis) is 1. The quantitative estimate of drug-likeness (QED) is 0.693. The lowest BCUT2D eigenvalue weighted by molar-refractivity contribution is -0.137. The highest BCUT2D eigenvalue weighted by Crippen LogP contribution is 2.31. The second kappa shape index (κ2) is 9.65. The third-order valence-corrected chi connectivity index (χ3v) is 5.15. The number of rotatable bonds is 9. The highest BCUT2D eigenvalue weighted by Gasteiger charge is 2.30. The maximum Gasteiger partial charge on any atom is 0.416 e. The summed E-state index contributed by atoms with van der Waals surface area (Å²) >= 11 is 0. The summed E-state index contributed by atoms with van der Waals surface area (Å²) in [5.41, 5.74) is -0.834. The van der Waals surface area contributed by atoms with Gasteiger partial charge in [-0.05, 0) is 24.6 Å². The first-order valence-electron chi connectivity index (χ1n) is 8.02. The molecule has 0 aliphatic carbocycles. The molecule has 1 amide bonds. The molecule has 26 heavy (non-hydrogen) atoms. The minimum absolute atomic E-state index is 0.0105. The molecule has 1 rings (SSSR count). The first kappa shape index (κ1) is 22.1. The average molecular weight is 397 g/mol. The summed E-state index contributed by atoms with van der Waals surface area (Å²) < 4.78 is 71.0. The van der Waals surface area contributed by atoms with Crippen molar-refractivity contribution in [1.82, 2.24) is 5.32 Å². The van der Waals surface area contributed by atoms with Crippen molar-refractivity contribution in [2.24, 2.45) is 0 Å². The first-order chi connectivity index (χ1) is 12.1. The average Bonchev–Trinajstić information content (AvgIpc) is 2.58. The van der Waals surface area contributed by atoms with Crippen LogP contribution in [0.4, 0.5) is 18.0 Å². The van der Waals surface area contributed by atoms with Crippen LogP contribution in [0, 0.1) is 0 Å². The zero-order chi connectivity index (χ0) is 19.8. The van der Waals surface area contributed by atoms with Crippen LogP contribution in [0.15, 0.2) is 24.3 Å². The molecule has 10 heteroatoms. The molecule has 0 aromatic heterocycles. The maximum atomic E-state index is 12.7. The Bertz CT molecular complexity index is 691. The SMILES string of the molecule is CCC(COc1cccc(C(F)(F)F)c1)OC(=O)NCCS(=O)(=O)CC. The lowest BCUT2D eigenvalue weighted by Gasteiger charge is -2.18. The topological polar surface area (TPSA) is 81.7 Å².